The molecule has 2 aromatic rings. The minimum absolute atomic E-state index is 0.241. The summed E-state index contributed by atoms with van der Waals surface area (Å²) in [4.78, 5) is 12.3. The van der Waals surface area contributed by atoms with Crippen molar-refractivity contribution in [3.63, 3.8) is 0 Å². The zero-order valence-electron chi connectivity index (χ0n) is 12.6. The molecule has 0 aromatic heterocycles. The van der Waals surface area contributed by atoms with Crippen molar-refractivity contribution >= 4 is 28.8 Å². The normalized spacial score (nSPS) is 10.8. The Labute approximate surface area is 139 Å². The minimum Gasteiger partial charge on any atom is -0.497 e. The van der Waals surface area contributed by atoms with Gasteiger partial charge >= 0.3 is 0 Å². The lowest BCUT2D eigenvalue weighted by atomic mass is 10.1. The van der Waals surface area contributed by atoms with E-state index >= 15 is 0 Å². The number of nitrogens with zero attached hydrogens (tertiary/aromatic N) is 2. The van der Waals surface area contributed by atoms with Gasteiger partial charge in [0.2, 0.25) is 11.5 Å². The van der Waals surface area contributed by atoms with Gasteiger partial charge in [-0.1, -0.05) is 17.7 Å². The molecule has 0 heterocycles. The lowest BCUT2D eigenvalue weighted by molar-refractivity contribution is 0.106. The average Bonchev–Trinajstić information content (AvgIpc) is 2.58. The standard InChI is InChI=1S/C17H14ClN3O2/c1-11-14(18)4-3-5-15(11)20-21-16(10-19)17(22)12-6-8-13(23-2)9-7-12/h3-9,20H,1-2H3/b21-16-. The molecule has 0 radical (unpaired) electrons. The number of nitrogens with one attached hydrogen (secondary N) is 1. The molecule has 0 aliphatic heterocycles. The van der Waals surface area contributed by atoms with Crippen LogP contribution in [0.25, 0.3) is 0 Å². The van der Waals surface area contributed by atoms with Crippen molar-refractivity contribution in [2.24, 2.45) is 5.10 Å². The third-order valence-electron chi connectivity index (χ3n) is 3.23. The lowest BCUT2D eigenvalue weighted by Crippen LogP contribution is -2.14. The fourth-order valence-electron chi connectivity index (χ4n) is 1.85. The predicted octanol–water partition coefficient (Wildman–Crippen LogP) is 3.83. The Balaban J connectivity index is 2.22. The third kappa shape index (κ3) is 3.87. The molecule has 1 N–H and O–H groups in total. The maximum Gasteiger partial charge on any atom is 0.223 e. The first-order valence-corrected chi connectivity index (χ1v) is 7.12. The van der Waals surface area contributed by atoms with Crippen molar-refractivity contribution in [2.45, 2.75) is 6.92 Å². The second-order valence-corrected chi connectivity index (χ2v) is 5.06. The number of methoxy groups -OCH3 is 1. The van der Waals surface area contributed by atoms with Gasteiger partial charge in [-0.05, 0) is 48.9 Å². The Hall–Kier alpha value is -2.84. The Morgan fingerprint density at radius 3 is 2.57 bits per heavy atom. The summed E-state index contributed by atoms with van der Waals surface area (Å²) < 4.78 is 5.03. The number of rotatable bonds is 5. The minimum atomic E-state index is -0.470. The van der Waals surface area contributed by atoms with E-state index in [2.05, 4.69) is 10.5 Å². The van der Waals surface area contributed by atoms with Gasteiger partial charge in [-0.15, -0.1) is 0 Å². The van der Waals surface area contributed by atoms with Gasteiger partial charge in [-0.3, -0.25) is 10.2 Å². The highest BCUT2D eigenvalue weighted by molar-refractivity contribution is 6.51. The molecule has 0 saturated heterocycles. The molecule has 2 rings (SSSR count). The van der Waals surface area contributed by atoms with Crippen LogP contribution in [0.1, 0.15) is 15.9 Å². The van der Waals surface area contributed by atoms with Gasteiger partial charge in [0, 0.05) is 10.6 Å². The number of halogens is 1. The van der Waals surface area contributed by atoms with Crippen LogP contribution in [0.3, 0.4) is 0 Å². The molecule has 23 heavy (non-hydrogen) atoms. The first-order chi connectivity index (χ1) is 11.1. The number of carbonyl (C=O) groups excluding carboxylic acids is 1. The van der Waals surface area contributed by atoms with Crippen LogP contribution in [0.5, 0.6) is 5.75 Å². The summed E-state index contributed by atoms with van der Waals surface area (Å²) in [6, 6.07) is 13.5. The van der Waals surface area contributed by atoms with Gasteiger partial charge in [0.1, 0.15) is 11.8 Å². The molecule has 0 unspecified atom stereocenters. The summed E-state index contributed by atoms with van der Waals surface area (Å²) in [7, 11) is 1.54. The average molecular weight is 328 g/mol. The SMILES string of the molecule is COc1ccc(C(=O)/C(C#N)=N\Nc2cccc(Cl)c2C)cc1. The number of ketones is 1. The topological polar surface area (TPSA) is 74.5 Å². The van der Waals surface area contributed by atoms with E-state index in [9.17, 15) is 4.79 Å². The number of carbonyl (C=O) groups is 1. The van der Waals surface area contributed by atoms with Crippen LogP contribution in [0.15, 0.2) is 47.6 Å². The van der Waals surface area contributed by atoms with E-state index in [0.29, 0.717) is 22.0 Å². The zero-order valence-corrected chi connectivity index (χ0v) is 13.4. The summed E-state index contributed by atoms with van der Waals surface area (Å²) >= 11 is 6.02. The van der Waals surface area contributed by atoms with Gasteiger partial charge in [-0.2, -0.15) is 10.4 Å². The number of Topliss-reactive ketones (excluding diaryl/α,β-unsaturated/α-hetero) is 1. The van der Waals surface area contributed by atoms with Crippen molar-refractivity contribution in [3.05, 3.63) is 58.6 Å². The number of anilines is 1. The summed E-state index contributed by atoms with van der Waals surface area (Å²) in [5.74, 6) is 0.159. The summed E-state index contributed by atoms with van der Waals surface area (Å²) in [6.07, 6.45) is 0. The van der Waals surface area contributed by atoms with Gasteiger partial charge in [-0.25, -0.2) is 0 Å². The molecule has 6 heteroatoms. The molecule has 2 aromatic carbocycles. The van der Waals surface area contributed by atoms with E-state index in [1.165, 1.54) is 7.11 Å². The van der Waals surface area contributed by atoms with Crippen LogP contribution in [-0.4, -0.2) is 18.6 Å². The molecule has 0 spiro atoms. The third-order valence-corrected chi connectivity index (χ3v) is 3.64. The summed E-state index contributed by atoms with van der Waals surface area (Å²) in [5, 5.41) is 13.6. The number of ether oxygens (including phenoxy) is 1. The van der Waals surface area contributed by atoms with E-state index in [1.807, 2.05) is 6.92 Å². The van der Waals surface area contributed by atoms with Crippen LogP contribution >= 0.6 is 11.6 Å². The largest absolute Gasteiger partial charge is 0.497 e. The van der Waals surface area contributed by atoms with Crippen LogP contribution in [0.2, 0.25) is 5.02 Å². The number of hydrogen-bond acceptors (Lipinski definition) is 5. The van der Waals surface area contributed by atoms with Crippen LogP contribution in [0.4, 0.5) is 5.69 Å². The van der Waals surface area contributed by atoms with Crippen molar-refractivity contribution < 1.29 is 9.53 Å². The van der Waals surface area contributed by atoms with Crippen LogP contribution in [-0.2, 0) is 0 Å². The molecule has 0 aliphatic carbocycles. The van der Waals surface area contributed by atoms with Gasteiger partial charge in [0.15, 0.2) is 0 Å². The predicted molar refractivity (Wildman–Crippen MR) is 90.2 cm³/mol. The summed E-state index contributed by atoms with van der Waals surface area (Å²) in [6.45, 7) is 1.82. The smallest absolute Gasteiger partial charge is 0.223 e. The molecule has 5 nitrogen and oxygen atoms in total. The summed E-state index contributed by atoms with van der Waals surface area (Å²) in [5.41, 5.74) is 4.25. The van der Waals surface area contributed by atoms with E-state index in [-0.39, 0.29) is 5.71 Å². The highest BCUT2D eigenvalue weighted by Crippen LogP contribution is 2.23. The Bertz CT molecular complexity index is 792. The number of hydrogen-bond donors (Lipinski definition) is 1. The van der Waals surface area contributed by atoms with Crippen molar-refractivity contribution in [1.29, 1.82) is 5.26 Å². The van der Waals surface area contributed by atoms with Gasteiger partial charge in [0.05, 0.1) is 12.8 Å². The Morgan fingerprint density at radius 2 is 1.96 bits per heavy atom. The maximum absolute atomic E-state index is 12.3. The van der Waals surface area contributed by atoms with E-state index in [1.54, 1.807) is 48.5 Å². The first kappa shape index (κ1) is 16.5. The molecule has 0 saturated carbocycles. The molecular weight excluding hydrogens is 314 g/mol. The lowest BCUT2D eigenvalue weighted by Gasteiger charge is -2.07. The van der Waals surface area contributed by atoms with Crippen molar-refractivity contribution in [1.82, 2.24) is 0 Å². The van der Waals surface area contributed by atoms with E-state index in [0.717, 1.165) is 5.56 Å². The Morgan fingerprint density at radius 1 is 1.26 bits per heavy atom. The highest BCUT2D eigenvalue weighted by atomic mass is 35.5. The number of nitriles is 1. The van der Waals surface area contributed by atoms with Crippen LogP contribution < -0.4 is 10.2 Å². The molecular formula is C17H14ClN3O2. The molecule has 0 aliphatic rings. The monoisotopic (exact) mass is 327 g/mol. The van der Waals surface area contributed by atoms with E-state index in [4.69, 9.17) is 21.6 Å². The molecule has 0 amide bonds. The van der Waals surface area contributed by atoms with Crippen molar-refractivity contribution in [2.75, 3.05) is 12.5 Å². The molecule has 0 bridgehead atoms. The highest BCUT2D eigenvalue weighted by Gasteiger charge is 2.14. The zero-order chi connectivity index (χ0) is 16.8. The second kappa shape index (κ2) is 7.43. The molecule has 0 atom stereocenters. The van der Waals surface area contributed by atoms with Crippen molar-refractivity contribution in [3.8, 4) is 11.8 Å². The molecule has 0 fully saturated rings. The number of hydrazone groups is 1. The number of benzene rings is 2. The first-order valence-electron chi connectivity index (χ1n) is 6.74. The van der Waals surface area contributed by atoms with E-state index < -0.39 is 5.78 Å². The molecule has 116 valence electrons. The van der Waals surface area contributed by atoms with Gasteiger partial charge in [0.25, 0.3) is 0 Å². The maximum atomic E-state index is 12.3. The van der Waals surface area contributed by atoms with Gasteiger partial charge < -0.3 is 4.74 Å². The van der Waals surface area contributed by atoms with Crippen LogP contribution in [0, 0.1) is 18.3 Å². The Kier molecular flexibility index (Phi) is 5.34. The fourth-order valence-corrected chi connectivity index (χ4v) is 2.02. The fraction of sp³-hybridized carbons (Fsp3) is 0.118. The quantitative estimate of drug-likeness (QED) is 0.514. The second-order valence-electron chi connectivity index (χ2n) is 4.65.